The molecule has 1 heterocycles. The first-order chi connectivity index (χ1) is 8.54. The van der Waals surface area contributed by atoms with Crippen molar-refractivity contribution < 1.29 is 9.21 Å². The maximum absolute atomic E-state index is 11.6. The molecule has 0 radical (unpaired) electrons. The second-order valence-corrected chi connectivity index (χ2v) is 4.48. The fraction of sp³-hybridized carbons (Fsp3) is 0.385. The van der Waals surface area contributed by atoms with E-state index in [4.69, 9.17) is 10.2 Å². The highest BCUT2D eigenvalue weighted by atomic mass is 35.5. The number of halogens is 2. The Morgan fingerprint density at radius 1 is 1.45 bits per heavy atom. The summed E-state index contributed by atoms with van der Waals surface area (Å²) < 4.78 is 5.37. The quantitative estimate of drug-likeness (QED) is 0.907. The van der Waals surface area contributed by atoms with Crippen molar-refractivity contribution in [1.82, 2.24) is 4.98 Å². The number of rotatable bonds is 4. The van der Waals surface area contributed by atoms with E-state index in [1.807, 2.05) is 6.92 Å². The number of nitrogens with two attached hydrogens (primary N) is 1. The van der Waals surface area contributed by atoms with Gasteiger partial charge < -0.3 is 15.5 Å². The normalized spacial score (nSPS) is 11.3. The number of benzene rings is 1. The number of anilines is 1. The van der Waals surface area contributed by atoms with Gasteiger partial charge in [0.25, 0.3) is 0 Å². The molecule has 0 aliphatic carbocycles. The first-order valence-corrected chi connectivity index (χ1v) is 5.97. The Hall–Kier alpha value is -1.30. The van der Waals surface area contributed by atoms with Crippen LogP contribution in [0.5, 0.6) is 0 Å². The second-order valence-electron chi connectivity index (χ2n) is 4.48. The van der Waals surface area contributed by atoms with E-state index in [1.165, 1.54) is 0 Å². The number of hydrogen-bond acceptors (Lipinski definition) is 4. The molecule has 1 unspecified atom stereocenters. The molecule has 0 aliphatic heterocycles. The number of aromatic nitrogens is 1. The van der Waals surface area contributed by atoms with Gasteiger partial charge in [0.05, 0.1) is 0 Å². The summed E-state index contributed by atoms with van der Waals surface area (Å²) in [6, 6.07) is 5.44. The van der Waals surface area contributed by atoms with Crippen LogP contribution < -0.4 is 11.1 Å². The van der Waals surface area contributed by atoms with Gasteiger partial charge in [-0.25, -0.2) is 4.98 Å². The molecule has 0 spiro atoms. The molecular weight excluding hydrogens is 301 g/mol. The van der Waals surface area contributed by atoms with E-state index in [2.05, 4.69) is 10.3 Å². The zero-order valence-corrected chi connectivity index (χ0v) is 13.0. The molecule has 0 bridgehead atoms. The van der Waals surface area contributed by atoms with Crippen LogP contribution in [-0.4, -0.2) is 16.9 Å². The van der Waals surface area contributed by atoms with Gasteiger partial charge in [-0.1, -0.05) is 0 Å². The summed E-state index contributed by atoms with van der Waals surface area (Å²) in [7, 11) is 0. The topological polar surface area (TPSA) is 81.2 Å². The number of fused-ring (bicyclic) bond motifs is 1. The first kappa shape index (κ1) is 18.7. The van der Waals surface area contributed by atoms with Gasteiger partial charge in [-0.15, -0.1) is 24.8 Å². The molecular formula is C13H19Cl2N3O2. The van der Waals surface area contributed by atoms with Crippen molar-refractivity contribution in [2.75, 3.05) is 5.32 Å². The molecule has 0 saturated heterocycles. The van der Waals surface area contributed by atoms with Crippen molar-refractivity contribution in [2.24, 2.45) is 5.73 Å². The predicted octanol–water partition coefficient (Wildman–Crippen LogP) is 3.05. The predicted molar refractivity (Wildman–Crippen MR) is 84.8 cm³/mol. The number of oxazole rings is 1. The zero-order chi connectivity index (χ0) is 13.1. The number of carbonyl (C=O) groups excluding carboxylic acids is 1. The van der Waals surface area contributed by atoms with Crippen molar-refractivity contribution >= 4 is 47.5 Å². The molecule has 1 aromatic heterocycles. The van der Waals surface area contributed by atoms with E-state index in [0.29, 0.717) is 18.7 Å². The van der Waals surface area contributed by atoms with Crippen LogP contribution in [0, 0.1) is 6.92 Å². The Morgan fingerprint density at radius 2 is 2.15 bits per heavy atom. The minimum absolute atomic E-state index is 0. The van der Waals surface area contributed by atoms with E-state index >= 15 is 0 Å². The number of carbonyl (C=O) groups is 1. The average Bonchev–Trinajstić information content (AvgIpc) is 2.66. The van der Waals surface area contributed by atoms with Crippen LogP contribution >= 0.6 is 24.8 Å². The monoisotopic (exact) mass is 319 g/mol. The number of hydrogen-bond donors (Lipinski definition) is 2. The van der Waals surface area contributed by atoms with E-state index in [-0.39, 0.29) is 36.8 Å². The summed E-state index contributed by atoms with van der Waals surface area (Å²) in [6.45, 7) is 3.68. The maximum Gasteiger partial charge on any atom is 0.224 e. The van der Waals surface area contributed by atoms with Crippen molar-refractivity contribution in [1.29, 1.82) is 0 Å². The third kappa shape index (κ3) is 5.00. The van der Waals surface area contributed by atoms with Gasteiger partial charge in [-0.3, -0.25) is 4.79 Å². The summed E-state index contributed by atoms with van der Waals surface area (Å²) in [4.78, 5) is 15.9. The Kier molecular flexibility index (Phi) is 7.57. The third-order valence-corrected chi connectivity index (χ3v) is 2.60. The van der Waals surface area contributed by atoms with Crippen LogP contribution in [0.15, 0.2) is 22.6 Å². The molecule has 1 atom stereocenters. The summed E-state index contributed by atoms with van der Waals surface area (Å²) in [6.07, 6.45) is 1.10. The number of nitrogens with zero attached hydrogens (tertiary/aromatic N) is 1. The lowest BCUT2D eigenvalue weighted by Gasteiger charge is -2.06. The van der Waals surface area contributed by atoms with E-state index < -0.39 is 0 Å². The molecule has 20 heavy (non-hydrogen) atoms. The summed E-state index contributed by atoms with van der Waals surface area (Å²) in [5.41, 5.74) is 7.81. The smallest absolute Gasteiger partial charge is 0.224 e. The second kappa shape index (κ2) is 8.09. The van der Waals surface area contributed by atoms with E-state index in [1.54, 1.807) is 25.1 Å². The fourth-order valence-electron chi connectivity index (χ4n) is 1.70. The van der Waals surface area contributed by atoms with E-state index in [0.717, 1.165) is 16.8 Å². The molecule has 7 heteroatoms. The minimum Gasteiger partial charge on any atom is -0.441 e. The third-order valence-electron chi connectivity index (χ3n) is 2.60. The van der Waals surface area contributed by atoms with Gasteiger partial charge >= 0.3 is 0 Å². The van der Waals surface area contributed by atoms with Crippen LogP contribution in [-0.2, 0) is 4.79 Å². The number of aryl methyl sites for hydroxylation is 1. The largest absolute Gasteiger partial charge is 0.441 e. The van der Waals surface area contributed by atoms with Crippen molar-refractivity contribution in [3.63, 3.8) is 0 Å². The Morgan fingerprint density at radius 3 is 2.80 bits per heavy atom. The molecule has 1 aromatic carbocycles. The molecule has 2 aromatic rings. The Bertz CT molecular complexity index is 570. The Labute approximate surface area is 130 Å². The lowest BCUT2D eigenvalue weighted by atomic mass is 10.2. The van der Waals surface area contributed by atoms with Gasteiger partial charge in [0.2, 0.25) is 5.91 Å². The van der Waals surface area contributed by atoms with Crippen molar-refractivity contribution in [2.45, 2.75) is 32.7 Å². The molecule has 2 rings (SSSR count). The standard InChI is InChI=1S/C13H17N3O2.2ClH/c1-8(14)3-6-13(17)16-10-4-5-12-11(7-10)15-9(2)18-12;;/h4-5,7-8H,3,6,14H2,1-2H3,(H,16,17);2*1H. The highest BCUT2D eigenvalue weighted by molar-refractivity contribution is 5.92. The summed E-state index contributed by atoms with van der Waals surface area (Å²) in [5.74, 6) is 0.581. The first-order valence-electron chi connectivity index (χ1n) is 5.97. The van der Waals surface area contributed by atoms with Gasteiger partial charge in [0.1, 0.15) is 5.52 Å². The van der Waals surface area contributed by atoms with Crippen LogP contribution in [0.25, 0.3) is 11.1 Å². The molecule has 3 N–H and O–H groups in total. The van der Waals surface area contributed by atoms with E-state index in [9.17, 15) is 4.79 Å². The lowest BCUT2D eigenvalue weighted by molar-refractivity contribution is -0.116. The van der Waals surface area contributed by atoms with Crippen LogP contribution in [0.1, 0.15) is 25.7 Å². The molecule has 0 aliphatic rings. The summed E-state index contributed by atoms with van der Waals surface area (Å²) in [5, 5.41) is 2.82. The average molecular weight is 320 g/mol. The molecule has 112 valence electrons. The van der Waals surface area contributed by atoms with Crippen molar-refractivity contribution in [3.8, 4) is 0 Å². The van der Waals surface area contributed by atoms with Gasteiger partial charge in [0.15, 0.2) is 11.5 Å². The van der Waals surface area contributed by atoms with Crippen LogP contribution in [0.4, 0.5) is 5.69 Å². The van der Waals surface area contributed by atoms with Crippen LogP contribution in [0.2, 0.25) is 0 Å². The highest BCUT2D eigenvalue weighted by Crippen LogP contribution is 2.19. The molecule has 5 nitrogen and oxygen atoms in total. The van der Waals surface area contributed by atoms with Gasteiger partial charge in [-0.05, 0) is 31.5 Å². The molecule has 0 fully saturated rings. The lowest BCUT2D eigenvalue weighted by Crippen LogP contribution is -2.19. The highest BCUT2D eigenvalue weighted by Gasteiger charge is 2.07. The van der Waals surface area contributed by atoms with Gasteiger partial charge in [-0.2, -0.15) is 0 Å². The summed E-state index contributed by atoms with van der Waals surface area (Å²) >= 11 is 0. The number of nitrogens with one attached hydrogen (secondary N) is 1. The fourth-order valence-corrected chi connectivity index (χ4v) is 1.70. The Balaban J connectivity index is 0.00000180. The molecule has 1 amide bonds. The minimum atomic E-state index is -0.0353. The van der Waals surface area contributed by atoms with Gasteiger partial charge in [0, 0.05) is 25.1 Å². The zero-order valence-electron chi connectivity index (χ0n) is 11.4. The maximum atomic E-state index is 11.6. The van der Waals surface area contributed by atoms with Crippen molar-refractivity contribution in [3.05, 3.63) is 24.1 Å². The molecule has 0 saturated carbocycles. The SMILES string of the molecule is Cc1nc2cc(NC(=O)CCC(C)N)ccc2o1.Cl.Cl. The van der Waals surface area contributed by atoms with Crippen LogP contribution in [0.3, 0.4) is 0 Å². The number of amides is 1.